The van der Waals surface area contributed by atoms with E-state index in [-0.39, 0.29) is 5.30 Å². The molecule has 0 bridgehead atoms. The smallest absolute Gasteiger partial charge is 0.235 e. The fourth-order valence-corrected chi connectivity index (χ4v) is 3.93. The van der Waals surface area contributed by atoms with Crippen molar-refractivity contribution in [3.8, 4) is 0 Å². The Morgan fingerprint density at radius 2 is 2.00 bits per heavy atom. The summed E-state index contributed by atoms with van der Waals surface area (Å²) < 4.78 is 31.4. The fourth-order valence-electron chi connectivity index (χ4n) is 1.56. The van der Waals surface area contributed by atoms with E-state index >= 15 is 0 Å². The minimum atomic E-state index is -3.00. The second kappa shape index (κ2) is 6.17. The average molecular weight is 244 g/mol. The van der Waals surface area contributed by atoms with Crippen molar-refractivity contribution in [1.29, 1.82) is 0 Å². The van der Waals surface area contributed by atoms with Gasteiger partial charge in [-0.15, -0.1) is 0 Å². The molecule has 4 heteroatoms. The van der Waals surface area contributed by atoms with Crippen molar-refractivity contribution in [1.82, 2.24) is 0 Å². The molecule has 1 unspecified atom stereocenters. The molecule has 1 aromatic carbocycles. The molecule has 2 nitrogen and oxygen atoms in total. The molecule has 1 aromatic rings. The van der Waals surface area contributed by atoms with Crippen LogP contribution in [0.5, 0.6) is 0 Å². The Bertz CT molecular complexity index is 379. The molecule has 0 aliphatic carbocycles. The lowest BCUT2D eigenvalue weighted by molar-refractivity contribution is 0.339. The van der Waals surface area contributed by atoms with E-state index in [2.05, 4.69) is 0 Å². The van der Waals surface area contributed by atoms with Crippen molar-refractivity contribution in [2.45, 2.75) is 26.7 Å². The topological polar surface area (TPSA) is 26.3 Å². The molecule has 0 fully saturated rings. The van der Waals surface area contributed by atoms with Gasteiger partial charge >= 0.3 is 0 Å². The summed E-state index contributed by atoms with van der Waals surface area (Å²) in [7, 11) is -3.00. The second-order valence-corrected chi connectivity index (χ2v) is 6.15. The van der Waals surface area contributed by atoms with Crippen LogP contribution < -0.4 is 5.30 Å². The SMILES string of the molecule is CCCCP(=O)(OCC)c1ccccc1F. The Labute approximate surface area is 96.3 Å². The highest BCUT2D eigenvalue weighted by Crippen LogP contribution is 2.47. The molecule has 90 valence electrons. The molecule has 1 atom stereocenters. The van der Waals surface area contributed by atoms with Gasteiger partial charge in [-0.3, -0.25) is 4.57 Å². The van der Waals surface area contributed by atoms with Gasteiger partial charge in [0.15, 0.2) is 0 Å². The average Bonchev–Trinajstić information content (AvgIpc) is 2.27. The molecule has 0 aliphatic rings. The van der Waals surface area contributed by atoms with E-state index in [4.69, 9.17) is 4.52 Å². The molecule has 0 saturated heterocycles. The molecule has 1 rings (SSSR count). The van der Waals surface area contributed by atoms with Crippen molar-refractivity contribution in [2.75, 3.05) is 12.8 Å². The molecule has 0 N–H and O–H groups in total. The van der Waals surface area contributed by atoms with Crippen LogP contribution in [0.3, 0.4) is 0 Å². The van der Waals surface area contributed by atoms with Crippen molar-refractivity contribution >= 4 is 12.7 Å². The first-order valence-electron chi connectivity index (χ1n) is 5.62. The fraction of sp³-hybridized carbons (Fsp3) is 0.500. The van der Waals surface area contributed by atoms with Gasteiger partial charge in [0, 0.05) is 6.16 Å². The molecule has 0 aliphatic heterocycles. The van der Waals surface area contributed by atoms with Gasteiger partial charge in [-0.2, -0.15) is 0 Å². The molecular weight excluding hydrogens is 226 g/mol. The monoisotopic (exact) mass is 244 g/mol. The predicted octanol–water partition coefficient (Wildman–Crippen LogP) is 3.57. The van der Waals surface area contributed by atoms with Crippen molar-refractivity contribution in [3.63, 3.8) is 0 Å². The third kappa shape index (κ3) is 3.16. The Morgan fingerprint density at radius 3 is 2.56 bits per heavy atom. The highest BCUT2D eigenvalue weighted by molar-refractivity contribution is 7.67. The van der Waals surface area contributed by atoms with E-state index in [1.807, 2.05) is 6.92 Å². The van der Waals surface area contributed by atoms with Crippen LogP contribution in [0.25, 0.3) is 0 Å². The van der Waals surface area contributed by atoms with Crippen LogP contribution in [-0.2, 0) is 9.09 Å². The Kier molecular flexibility index (Phi) is 5.17. The Morgan fingerprint density at radius 1 is 1.31 bits per heavy atom. The van der Waals surface area contributed by atoms with Crippen molar-refractivity contribution in [2.24, 2.45) is 0 Å². The quantitative estimate of drug-likeness (QED) is 0.715. The van der Waals surface area contributed by atoms with E-state index in [1.165, 1.54) is 6.07 Å². The minimum absolute atomic E-state index is 0.227. The lowest BCUT2D eigenvalue weighted by atomic mass is 10.3. The normalized spacial score (nSPS) is 14.7. The van der Waals surface area contributed by atoms with Crippen LogP contribution in [0.4, 0.5) is 4.39 Å². The number of unbranched alkanes of at least 4 members (excludes halogenated alkanes) is 1. The van der Waals surface area contributed by atoms with Gasteiger partial charge in [-0.05, 0) is 25.5 Å². The van der Waals surface area contributed by atoms with Crippen LogP contribution in [0, 0.1) is 5.82 Å². The summed E-state index contributed by atoms with van der Waals surface area (Å²) >= 11 is 0. The zero-order chi connectivity index (χ0) is 12.0. The molecule has 0 aromatic heterocycles. The summed E-state index contributed by atoms with van der Waals surface area (Å²) in [5.74, 6) is -0.435. The Hall–Kier alpha value is -0.660. The third-order valence-corrected chi connectivity index (χ3v) is 5.04. The summed E-state index contributed by atoms with van der Waals surface area (Å²) in [6, 6.07) is 6.17. The van der Waals surface area contributed by atoms with Gasteiger partial charge in [-0.25, -0.2) is 4.39 Å². The first-order chi connectivity index (χ1) is 7.64. The van der Waals surface area contributed by atoms with E-state index in [0.717, 1.165) is 12.8 Å². The van der Waals surface area contributed by atoms with Crippen molar-refractivity contribution in [3.05, 3.63) is 30.1 Å². The number of halogens is 1. The van der Waals surface area contributed by atoms with Gasteiger partial charge in [0.05, 0.1) is 11.9 Å². The van der Waals surface area contributed by atoms with E-state index in [0.29, 0.717) is 12.8 Å². The maximum atomic E-state index is 13.6. The lowest BCUT2D eigenvalue weighted by Gasteiger charge is -2.18. The molecule has 0 amide bonds. The zero-order valence-corrected chi connectivity index (χ0v) is 10.7. The number of benzene rings is 1. The number of hydrogen-bond acceptors (Lipinski definition) is 2. The summed E-state index contributed by atoms with van der Waals surface area (Å²) in [5, 5.41) is 0.227. The Balaban J connectivity index is 3.01. The van der Waals surface area contributed by atoms with Gasteiger partial charge in [0.25, 0.3) is 0 Å². The highest BCUT2D eigenvalue weighted by Gasteiger charge is 2.27. The second-order valence-electron chi connectivity index (χ2n) is 3.62. The lowest BCUT2D eigenvalue weighted by Crippen LogP contribution is -2.14. The predicted molar refractivity (Wildman–Crippen MR) is 65.0 cm³/mol. The van der Waals surface area contributed by atoms with Gasteiger partial charge in [0.1, 0.15) is 5.82 Å². The highest BCUT2D eigenvalue weighted by atomic mass is 31.2. The van der Waals surface area contributed by atoms with Crippen molar-refractivity contribution < 1.29 is 13.5 Å². The largest absolute Gasteiger partial charge is 0.325 e. The maximum absolute atomic E-state index is 13.6. The first kappa shape index (κ1) is 13.4. The van der Waals surface area contributed by atoms with E-state index < -0.39 is 13.2 Å². The standard InChI is InChI=1S/C12H18FO2P/c1-3-5-10-16(14,15-4-2)12-9-7-6-8-11(12)13/h6-9H,3-5,10H2,1-2H3. The van der Waals surface area contributed by atoms with Gasteiger partial charge < -0.3 is 4.52 Å². The van der Waals surface area contributed by atoms with Crippen LogP contribution in [-0.4, -0.2) is 12.8 Å². The van der Waals surface area contributed by atoms with Gasteiger partial charge in [0.2, 0.25) is 7.37 Å². The summed E-state index contributed by atoms with van der Waals surface area (Å²) in [4.78, 5) is 0. The van der Waals surface area contributed by atoms with Crippen LogP contribution in [0.15, 0.2) is 24.3 Å². The maximum Gasteiger partial charge on any atom is 0.235 e. The van der Waals surface area contributed by atoms with Crippen LogP contribution >= 0.6 is 7.37 Å². The van der Waals surface area contributed by atoms with Crippen LogP contribution in [0.2, 0.25) is 0 Å². The molecule has 0 radical (unpaired) electrons. The first-order valence-corrected chi connectivity index (χ1v) is 7.43. The zero-order valence-electron chi connectivity index (χ0n) is 9.78. The molecule has 16 heavy (non-hydrogen) atoms. The molecular formula is C12H18FO2P. The number of hydrogen-bond donors (Lipinski definition) is 0. The molecule has 0 heterocycles. The van der Waals surface area contributed by atoms with E-state index in [1.54, 1.807) is 25.1 Å². The number of rotatable bonds is 6. The third-order valence-electron chi connectivity index (χ3n) is 2.36. The van der Waals surface area contributed by atoms with E-state index in [9.17, 15) is 8.96 Å². The molecule has 0 spiro atoms. The minimum Gasteiger partial charge on any atom is -0.325 e. The van der Waals surface area contributed by atoms with Crippen LogP contribution in [0.1, 0.15) is 26.7 Å². The molecule has 0 saturated carbocycles. The van der Waals surface area contributed by atoms with Gasteiger partial charge in [-0.1, -0.05) is 25.5 Å². The summed E-state index contributed by atoms with van der Waals surface area (Å²) in [6.07, 6.45) is 2.12. The summed E-state index contributed by atoms with van der Waals surface area (Å²) in [6.45, 7) is 4.13. The summed E-state index contributed by atoms with van der Waals surface area (Å²) in [5.41, 5.74) is 0.